The van der Waals surface area contributed by atoms with E-state index in [-0.39, 0.29) is 19.3 Å². The highest BCUT2D eigenvalue weighted by atomic mass is 31.2. The number of hydrogen-bond acceptors (Lipinski definition) is 14. The number of hydrogen-bond donors (Lipinski definition) is 4. The Balaban J connectivity index is 4.60. The molecule has 18 heteroatoms. The summed E-state index contributed by atoms with van der Waals surface area (Å²) in [5.74, 6) is -1.56. The maximum atomic E-state index is 13.2. The van der Waals surface area contributed by atoms with Gasteiger partial charge in [-0.05, 0) is 167 Å². The first kappa shape index (κ1) is 129. The van der Waals surface area contributed by atoms with Crippen molar-refractivity contribution in [3.63, 3.8) is 0 Å². The van der Waals surface area contributed by atoms with Gasteiger partial charge in [0.25, 0.3) is 0 Å². The van der Waals surface area contributed by atoms with Crippen molar-refractivity contribution in [1.82, 2.24) is 0 Å². The number of phosphoric acid groups is 2. The fraction of sp³-hybridized carbons (Fsp3) is 0.684. The smallest absolute Gasteiger partial charge is 0.463 e. The second kappa shape index (κ2) is 107. The molecule has 772 valence electrons. The van der Waals surface area contributed by atoms with Gasteiger partial charge >= 0.3 is 33.6 Å². The molecule has 0 saturated heterocycles. The van der Waals surface area contributed by atoms with Gasteiger partial charge in [-0.1, -0.05) is 478 Å². The van der Waals surface area contributed by atoms with Crippen LogP contribution in [0.2, 0.25) is 0 Å². The summed E-state index contributed by atoms with van der Waals surface area (Å²) in [6.45, 7) is 2.42. The lowest BCUT2D eigenvalue weighted by Gasteiger charge is -2.21. The molecule has 0 spiro atoms. The minimum atomic E-state index is -4.95. The van der Waals surface area contributed by atoms with E-state index in [2.05, 4.69) is 227 Å². The summed E-state index contributed by atoms with van der Waals surface area (Å²) in [6, 6.07) is 0. The maximum absolute atomic E-state index is 13.2. The fourth-order valence-corrected chi connectivity index (χ4v) is 16.5. The average molecular weight is 1920 g/mol. The molecule has 0 rings (SSSR count). The van der Waals surface area contributed by atoms with Gasteiger partial charge in [-0.2, -0.15) is 0 Å². The van der Waals surface area contributed by atoms with Gasteiger partial charge in [-0.3, -0.25) is 32.5 Å². The molecule has 0 aromatic heterocycles. The first-order valence-corrected chi connectivity index (χ1v) is 57.4. The molecule has 0 aliphatic carbocycles. The fourth-order valence-electron chi connectivity index (χ4n) is 14.9. The third-order valence-electron chi connectivity index (χ3n) is 23.0. The van der Waals surface area contributed by atoms with Crippen LogP contribution in [0.3, 0.4) is 0 Å². The zero-order chi connectivity index (χ0) is 97.8. The average Bonchev–Trinajstić information content (AvgIpc) is 0.895. The number of esters is 3. The molecule has 0 heterocycles. The van der Waals surface area contributed by atoms with Crippen LogP contribution in [0.4, 0.5) is 0 Å². The summed E-state index contributed by atoms with van der Waals surface area (Å²) >= 11 is 0. The Bertz CT molecular complexity index is 3290. The third kappa shape index (κ3) is 108. The second-order valence-electron chi connectivity index (χ2n) is 36.0. The minimum Gasteiger partial charge on any atom is -0.463 e. The summed E-state index contributed by atoms with van der Waals surface area (Å²) in [5.41, 5.74) is 0. The van der Waals surface area contributed by atoms with E-state index in [1.807, 2.05) is 0 Å². The van der Waals surface area contributed by atoms with Crippen molar-refractivity contribution in [2.45, 2.75) is 476 Å². The van der Waals surface area contributed by atoms with Crippen LogP contribution in [-0.4, -0.2) is 95.9 Å². The monoisotopic (exact) mass is 1920 g/mol. The summed E-state index contributed by atoms with van der Waals surface area (Å²) < 4.78 is 61.8. The number of aliphatic hydroxyl groups is 2. The first-order valence-electron chi connectivity index (χ1n) is 54.4. The number of ether oxygens (including phenoxy) is 3. The Morgan fingerprint density at radius 2 is 0.370 bits per heavy atom. The second-order valence-corrected chi connectivity index (χ2v) is 38.9. The maximum Gasteiger partial charge on any atom is 0.472 e. The molecule has 135 heavy (non-hydrogen) atoms. The molecule has 0 aromatic carbocycles. The Morgan fingerprint density at radius 1 is 0.207 bits per heavy atom. The predicted molar refractivity (Wildman–Crippen MR) is 574 cm³/mol. The molecule has 0 aliphatic heterocycles. The van der Waals surface area contributed by atoms with Gasteiger partial charge < -0.3 is 34.2 Å². The van der Waals surface area contributed by atoms with Crippen molar-refractivity contribution >= 4 is 33.6 Å². The molecule has 0 aliphatic rings. The van der Waals surface area contributed by atoms with Crippen LogP contribution in [0, 0.1) is 0 Å². The summed E-state index contributed by atoms with van der Waals surface area (Å²) in [6.07, 6.45) is 146. The number of allylic oxidation sites excluding steroid dienone is 34. The van der Waals surface area contributed by atoms with Gasteiger partial charge in [-0.25, -0.2) is 9.13 Å². The summed E-state index contributed by atoms with van der Waals surface area (Å²) in [4.78, 5) is 59.3. The lowest BCUT2D eigenvalue weighted by Crippen LogP contribution is -2.30. The summed E-state index contributed by atoms with van der Waals surface area (Å²) in [7, 11) is -9.83. The van der Waals surface area contributed by atoms with E-state index >= 15 is 0 Å². The van der Waals surface area contributed by atoms with Gasteiger partial charge in [0.2, 0.25) is 0 Å². The van der Waals surface area contributed by atoms with Crippen LogP contribution < -0.4 is 0 Å². The van der Waals surface area contributed by atoms with Crippen molar-refractivity contribution in [3.05, 3.63) is 207 Å². The lowest BCUT2D eigenvalue weighted by molar-refractivity contribution is -0.161. The van der Waals surface area contributed by atoms with Crippen molar-refractivity contribution in [2.75, 3.05) is 39.6 Å². The van der Waals surface area contributed by atoms with Crippen molar-refractivity contribution in [3.8, 4) is 0 Å². The number of unbranched alkanes of at least 4 members (excludes halogenated alkanes) is 45. The van der Waals surface area contributed by atoms with E-state index in [9.17, 15) is 43.5 Å². The molecule has 0 amide bonds. The van der Waals surface area contributed by atoms with Gasteiger partial charge in [-0.15, -0.1) is 0 Å². The zero-order valence-corrected chi connectivity index (χ0v) is 87.6. The summed E-state index contributed by atoms with van der Waals surface area (Å²) in [5, 5.41) is 20.8. The molecule has 0 fully saturated rings. The Hall–Kier alpha value is -5.87. The Labute approximate surface area is 826 Å². The van der Waals surface area contributed by atoms with Crippen molar-refractivity contribution < 1.29 is 75.8 Å². The van der Waals surface area contributed by atoms with E-state index < -0.39 is 91.5 Å². The quantitative estimate of drug-likeness (QED) is 0.0146. The van der Waals surface area contributed by atoms with Gasteiger partial charge in [0, 0.05) is 19.3 Å². The Kier molecular flexibility index (Phi) is 102. The molecule has 0 radical (unpaired) electrons. The van der Waals surface area contributed by atoms with Gasteiger partial charge in [0.05, 0.1) is 26.4 Å². The highest BCUT2D eigenvalue weighted by Gasteiger charge is 2.30. The number of rotatable bonds is 102. The van der Waals surface area contributed by atoms with Crippen LogP contribution in [-0.2, 0) is 55.8 Å². The third-order valence-corrected chi connectivity index (χ3v) is 24.9. The molecule has 16 nitrogen and oxygen atoms in total. The van der Waals surface area contributed by atoms with E-state index in [1.165, 1.54) is 218 Å². The van der Waals surface area contributed by atoms with Crippen LogP contribution in [0.1, 0.15) is 457 Å². The largest absolute Gasteiger partial charge is 0.472 e. The molecule has 5 atom stereocenters. The normalized spacial score (nSPS) is 14.4. The number of aliphatic hydroxyl groups excluding tert-OH is 2. The lowest BCUT2D eigenvalue weighted by atomic mass is 10.0. The predicted octanol–water partition coefficient (Wildman–Crippen LogP) is 35.0. The zero-order valence-electron chi connectivity index (χ0n) is 85.8. The molecule has 0 bridgehead atoms. The van der Waals surface area contributed by atoms with Crippen molar-refractivity contribution in [1.29, 1.82) is 0 Å². The molecule has 0 aromatic rings. The standard InChI is InChI=1S/C117H198O16P2/c1-4-7-10-13-16-19-22-25-28-31-34-37-40-43-46-49-51-53-55-57-59-62-64-67-70-73-76-79-82-85-88-91-94-97-100-103-115(120)127-106-112(118)107-129-134(123,124)130-108-113(119)109-131-135(125,126)132-111-114(133-117(122)105-102-99-96-93-90-87-84-81-78-75-72-69-66-61-48-45-42-39-36-33-30-27-24-21-18-15-12-9-6-3)110-128-116(121)104-101-98-95-92-89-86-83-80-77-74-71-68-65-63-60-58-56-54-52-50-47-44-41-38-35-32-29-26-23-20-17-14-11-8-5-2/h7-12,16-21,25-30,34-39,43-48,51-54,112-114,118-119H,4-6,13-15,22-24,31-33,40-42,49-50,55-111H2,1-3H3,(H,123,124)(H,125,126)/b10-7-,11-8-,12-9-,19-16-,20-17-,21-18-,28-25-,29-26-,30-27-,37-34-,38-35-,39-36-,46-43-,47-44-,48-45-,53-51-,54-52-. The van der Waals surface area contributed by atoms with Gasteiger partial charge in [0.15, 0.2) is 6.10 Å². The molecule has 5 unspecified atom stereocenters. The number of carbonyl (C=O) groups excluding carboxylic acids is 3. The number of carbonyl (C=O) groups is 3. The Morgan fingerprint density at radius 3 is 0.585 bits per heavy atom. The molecule has 0 saturated carbocycles. The number of phosphoric ester groups is 2. The van der Waals surface area contributed by atoms with Gasteiger partial charge in [0.1, 0.15) is 25.4 Å². The van der Waals surface area contributed by atoms with E-state index in [4.69, 9.17) is 32.3 Å². The van der Waals surface area contributed by atoms with Crippen LogP contribution in [0.15, 0.2) is 207 Å². The van der Waals surface area contributed by atoms with Crippen LogP contribution in [0.5, 0.6) is 0 Å². The SMILES string of the molecule is CC/C=C\C/C=C\C/C=C\C/C=C\C/C=C\C/C=C\CCCCCCCCCCCCCCCCCCC(=O)OCC(O)COP(=O)(O)OCC(O)COP(=O)(O)OCC(COC(=O)CCCCCCCCCCCCCCCCCC/C=C\C/C=C\C/C=C\C/C=C\C/C=C\C/C=C\CC)OC(=O)CCCCCCCCCCCCCCC/C=C\C/C=C\C/C=C\C/C=C\C/C=C\CC. The van der Waals surface area contributed by atoms with Crippen molar-refractivity contribution in [2.24, 2.45) is 0 Å². The highest BCUT2D eigenvalue weighted by Crippen LogP contribution is 2.45. The van der Waals surface area contributed by atoms with E-state index in [0.717, 1.165) is 180 Å². The van der Waals surface area contributed by atoms with Crippen LogP contribution >= 0.6 is 15.6 Å². The molecular formula is C117H198O16P2. The van der Waals surface area contributed by atoms with E-state index in [0.29, 0.717) is 19.3 Å². The first-order chi connectivity index (χ1) is 66.2. The molecular weight excluding hydrogens is 1720 g/mol. The van der Waals surface area contributed by atoms with Crippen LogP contribution in [0.25, 0.3) is 0 Å². The highest BCUT2D eigenvalue weighted by molar-refractivity contribution is 7.47. The molecule has 4 N–H and O–H groups in total. The van der Waals surface area contributed by atoms with E-state index in [1.54, 1.807) is 0 Å². The topological polar surface area (TPSA) is 231 Å². The minimum absolute atomic E-state index is 0.0993.